The van der Waals surface area contributed by atoms with Gasteiger partial charge in [0.25, 0.3) is 0 Å². The molecule has 16 atom stereocenters. The van der Waals surface area contributed by atoms with Crippen molar-refractivity contribution in [2.75, 3.05) is 19.8 Å². The van der Waals surface area contributed by atoms with E-state index in [0.717, 1.165) is 0 Å². The van der Waals surface area contributed by atoms with Crippen molar-refractivity contribution < 1.29 is 83.6 Å². The normalized spacial score (nSPS) is 50.5. The highest BCUT2D eigenvalue weighted by Crippen LogP contribution is 2.42. The first kappa shape index (κ1) is 35.1. The summed E-state index contributed by atoms with van der Waals surface area (Å²) in [4.78, 5) is 25.0. The maximum Gasteiger partial charge on any atom is 0.325 e. The van der Waals surface area contributed by atoms with Crippen LogP contribution in [-0.4, -0.2) is 170 Å². The Bertz CT molecular complexity index is 1030. The topological polar surface area (TPSA) is 365 Å². The smallest absolute Gasteiger partial charge is 0.325 e. The van der Waals surface area contributed by atoms with Crippen LogP contribution in [0.1, 0.15) is 12.8 Å². The van der Waals surface area contributed by atoms with E-state index in [1.54, 1.807) is 0 Å². The monoisotopic (exact) mass is 644 g/mol. The summed E-state index contributed by atoms with van der Waals surface area (Å²) < 4.78 is 37.8. The van der Waals surface area contributed by atoms with Gasteiger partial charge in [-0.15, -0.1) is 0 Å². The average molecular weight is 645 g/mol. The molecule has 0 aromatic heterocycles. The average Bonchev–Trinajstić information content (AvgIpc) is 3.03. The van der Waals surface area contributed by atoms with Gasteiger partial charge in [-0.1, -0.05) is 0 Å². The van der Waals surface area contributed by atoms with Crippen LogP contribution in [0.4, 0.5) is 0 Å². The van der Waals surface area contributed by atoms with Gasteiger partial charge in [0.15, 0.2) is 18.9 Å². The van der Waals surface area contributed by atoms with Gasteiger partial charge in [-0.2, -0.15) is 0 Å². The molecule has 4 heterocycles. The molecule has 4 saturated heterocycles. The van der Waals surface area contributed by atoms with Crippen LogP contribution >= 0.6 is 0 Å². The lowest BCUT2D eigenvalue weighted by molar-refractivity contribution is -0.466. The molecular formula is C23H40N4O17. The lowest BCUT2D eigenvalue weighted by atomic mass is 9.90. The van der Waals surface area contributed by atoms with Gasteiger partial charge < -0.3 is 96.9 Å². The number of esters is 2. The molecule has 16 N–H and O–H groups in total. The Morgan fingerprint density at radius 3 is 1.95 bits per heavy atom. The zero-order valence-corrected chi connectivity index (χ0v) is 23.2. The Morgan fingerprint density at radius 1 is 0.795 bits per heavy atom. The molecule has 4 fully saturated rings. The predicted molar refractivity (Wildman–Crippen MR) is 134 cm³/mol. The summed E-state index contributed by atoms with van der Waals surface area (Å²) in [6.07, 6.45) is -17.6. The molecule has 4 aliphatic rings. The van der Waals surface area contributed by atoms with Crippen molar-refractivity contribution in [1.29, 1.82) is 0 Å². The van der Waals surface area contributed by atoms with Gasteiger partial charge in [-0.05, 0) is 6.42 Å². The second-order valence-electron chi connectivity index (χ2n) is 11.0. The van der Waals surface area contributed by atoms with Crippen molar-refractivity contribution in [1.82, 2.24) is 0 Å². The number of rotatable bonds is 7. The third-order valence-electron chi connectivity index (χ3n) is 8.04. The Hall–Kier alpha value is -1.74. The molecule has 0 aliphatic carbocycles. The van der Waals surface area contributed by atoms with Crippen LogP contribution in [0.15, 0.2) is 0 Å². The number of aliphatic hydroxyl groups excluding tert-OH is 7. The van der Waals surface area contributed by atoms with Crippen LogP contribution in [0, 0.1) is 0 Å². The molecule has 0 aromatic rings. The zero-order valence-electron chi connectivity index (χ0n) is 23.2. The summed E-state index contributed by atoms with van der Waals surface area (Å²) in [5.74, 6) is -8.69. The molecule has 4 aliphatic heterocycles. The first-order chi connectivity index (χ1) is 20.6. The third kappa shape index (κ3) is 6.17. The van der Waals surface area contributed by atoms with Crippen LogP contribution < -0.4 is 22.9 Å². The standard InChI is InChI=1S/C23H40N4O17/c24-6-1-2-9(31)42-23(37)17(34)12(27)21(44-22(23,5-30)43-18(6)35)41-16-8(4-29)39-20(11(26)14(16)33)40-15-7(3-28)38-19(36)10(25)13(15)32/h6-8,10-17,19-21,28-30,32-34,36-37H,1-5,24-27H2/t6-,7-,8-,10?,11?,12-,13?,14-,15?,16?,17-,19?,20+,21-,22+,23+/m1/s1. The SMILES string of the molecule is NC1C(O)O[C@H](CO)C(O[C@@H]2O[C@H](CO)C(O[C@@H]3O[C@]4(CO)OC(=O)[C@H](N)CCC(=O)O[C@@]4(O)[C@H](O)[C@H]3N)[C@H](O)C2N)C1O. The van der Waals surface area contributed by atoms with E-state index in [1.165, 1.54) is 0 Å². The van der Waals surface area contributed by atoms with Crippen molar-refractivity contribution in [2.24, 2.45) is 22.9 Å². The lowest BCUT2D eigenvalue weighted by Crippen LogP contribution is -2.78. The molecule has 0 aromatic carbocycles. The number of fused-ring (bicyclic) bond motifs is 1. The van der Waals surface area contributed by atoms with E-state index in [4.69, 9.17) is 56.1 Å². The molecule has 21 heteroatoms. The molecule has 0 amide bonds. The van der Waals surface area contributed by atoms with E-state index < -0.39 is 136 Å². The van der Waals surface area contributed by atoms with Crippen LogP contribution in [0.5, 0.6) is 0 Å². The summed E-state index contributed by atoms with van der Waals surface area (Å²) in [5.41, 5.74) is 23.6. The number of hydrogen-bond acceptors (Lipinski definition) is 21. The molecule has 21 nitrogen and oxygen atoms in total. The van der Waals surface area contributed by atoms with Crippen molar-refractivity contribution in [3.8, 4) is 0 Å². The van der Waals surface area contributed by atoms with Crippen LogP contribution in [0.25, 0.3) is 0 Å². The number of hydrogen-bond donors (Lipinski definition) is 12. The van der Waals surface area contributed by atoms with Crippen molar-refractivity contribution >= 4 is 11.9 Å². The second kappa shape index (κ2) is 13.5. The van der Waals surface area contributed by atoms with Gasteiger partial charge in [0.1, 0.15) is 55.4 Å². The Morgan fingerprint density at radius 2 is 1.36 bits per heavy atom. The van der Waals surface area contributed by atoms with Gasteiger partial charge in [-0.25, -0.2) is 0 Å². The van der Waals surface area contributed by atoms with Gasteiger partial charge in [0, 0.05) is 6.42 Å². The Balaban J connectivity index is 1.57. The van der Waals surface area contributed by atoms with E-state index in [9.17, 15) is 50.4 Å². The zero-order chi connectivity index (χ0) is 32.7. The van der Waals surface area contributed by atoms with Crippen molar-refractivity contribution in [2.45, 2.75) is 110 Å². The molecular weight excluding hydrogens is 604 g/mol. The molecule has 0 spiro atoms. The number of carbonyl (C=O) groups is 2. The van der Waals surface area contributed by atoms with Gasteiger partial charge in [-0.3, -0.25) is 9.59 Å². The molecule has 0 saturated carbocycles. The quantitative estimate of drug-likeness (QED) is 0.114. The summed E-state index contributed by atoms with van der Waals surface area (Å²) in [5, 5.41) is 83.5. The van der Waals surface area contributed by atoms with Gasteiger partial charge in [0.2, 0.25) is 0 Å². The minimum Gasteiger partial charge on any atom is -0.423 e. The third-order valence-corrected chi connectivity index (χ3v) is 8.04. The van der Waals surface area contributed by atoms with Crippen LogP contribution in [-0.2, 0) is 42.7 Å². The highest BCUT2D eigenvalue weighted by molar-refractivity contribution is 5.78. The summed E-state index contributed by atoms with van der Waals surface area (Å²) >= 11 is 0. The van der Waals surface area contributed by atoms with Gasteiger partial charge in [0.05, 0.1) is 31.3 Å². The number of nitrogens with two attached hydrogens (primary N) is 4. The fraction of sp³-hybridized carbons (Fsp3) is 0.913. The van der Waals surface area contributed by atoms with E-state index in [2.05, 4.69) is 0 Å². The largest absolute Gasteiger partial charge is 0.423 e. The maximum absolute atomic E-state index is 12.6. The summed E-state index contributed by atoms with van der Waals surface area (Å²) in [6, 6.07) is -6.13. The maximum atomic E-state index is 12.6. The fourth-order valence-electron chi connectivity index (χ4n) is 5.33. The first-order valence-corrected chi connectivity index (χ1v) is 13.7. The number of carbonyl (C=O) groups excluding carboxylic acids is 2. The van der Waals surface area contributed by atoms with E-state index in [0.29, 0.717) is 0 Å². The molecule has 0 bridgehead atoms. The number of ether oxygens (including phenoxy) is 7. The molecule has 0 radical (unpaired) electrons. The van der Waals surface area contributed by atoms with E-state index in [1.807, 2.05) is 0 Å². The Labute approximate surface area is 249 Å². The minimum atomic E-state index is -3.26. The van der Waals surface area contributed by atoms with Crippen LogP contribution in [0.3, 0.4) is 0 Å². The highest BCUT2D eigenvalue weighted by Gasteiger charge is 2.70. The van der Waals surface area contributed by atoms with E-state index in [-0.39, 0.29) is 6.42 Å². The highest BCUT2D eigenvalue weighted by atomic mass is 16.8. The van der Waals surface area contributed by atoms with Gasteiger partial charge >= 0.3 is 23.5 Å². The van der Waals surface area contributed by atoms with E-state index >= 15 is 0 Å². The first-order valence-electron chi connectivity index (χ1n) is 13.7. The molecule has 44 heavy (non-hydrogen) atoms. The van der Waals surface area contributed by atoms with Crippen molar-refractivity contribution in [3.05, 3.63) is 0 Å². The summed E-state index contributed by atoms with van der Waals surface area (Å²) in [6.45, 7) is -3.02. The predicted octanol–water partition coefficient (Wildman–Crippen LogP) is -8.81. The Kier molecular flexibility index (Phi) is 10.8. The molecule has 4 rings (SSSR count). The lowest BCUT2D eigenvalue weighted by Gasteiger charge is -2.53. The van der Waals surface area contributed by atoms with Crippen LogP contribution in [0.2, 0.25) is 0 Å². The number of aliphatic hydroxyl groups is 8. The second-order valence-corrected chi connectivity index (χ2v) is 11.0. The fourth-order valence-corrected chi connectivity index (χ4v) is 5.33. The summed E-state index contributed by atoms with van der Waals surface area (Å²) in [7, 11) is 0. The molecule has 254 valence electrons. The van der Waals surface area contributed by atoms with Crippen molar-refractivity contribution in [3.63, 3.8) is 0 Å². The minimum absolute atomic E-state index is 0.280. The molecule has 6 unspecified atom stereocenters.